The second-order valence-electron chi connectivity index (χ2n) is 11.0. The fourth-order valence-electron chi connectivity index (χ4n) is 4.39. The van der Waals surface area contributed by atoms with E-state index < -0.39 is 5.97 Å². The van der Waals surface area contributed by atoms with Crippen LogP contribution in [0.3, 0.4) is 0 Å². The van der Waals surface area contributed by atoms with Crippen molar-refractivity contribution in [3.63, 3.8) is 0 Å². The van der Waals surface area contributed by atoms with Gasteiger partial charge in [0.25, 0.3) is 0 Å². The largest absolute Gasteiger partial charge is 0.481 e. The predicted octanol–water partition coefficient (Wildman–Crippen LogP) is 11.9. The van der Waals surface area contributed by atoms with Crippen LogP contribution in [0.15, 0.2) is 48.6 Å². The zero-order valence-electron chi connectivity index (χ0n) is 27.3. The van der Waals surface area contributed by atoms with Crippen LogP contribution in [-0.2, 0) is 14.3 Å². The Balaban J connectivity index is 0. The monoisotopic (exact) mass is 574 g/mol. The van der Waals surface area contributed by atoms with Crippen LogP contribution < -0.4 is 0 Å². The number of ether oxygens (including phenoxy) is 1. The van der Waals surface area contributed by atoms with Crippen molar-refractivity contribution in [1.82, 2.24) is 0 Å². The summed E-state index contributed by atoms with van der Waals surface area (Å²) in [5, 5.41) is 8.50. The van der Waals surface area contributed by atoms with Gasteiger partial charge < -0.3 is 9.84 Å². The lowest BCUT2D eigenvalue weighted by atomic mass is 10.1. The molecule has 0 amide bonds. The van der Waals surface area contributed by atoms with E-state index in [-0.39, 0.29) is 5.97 Å². The van der Waals surface area contributed by atoms with Crippen molar-refractivity contribution < 1.29 is 19.4 Å². The lowest BCUT2D eigenvalue weighted by molar-refractivity contribution is -0.137. The molecule has 0 saturated heterocycles. The van der Waals surface area contributed by atoms with E-state index >= 15 is 0 Å². The minimum absolute atomic E-state index is 0.297. The molecule has 0 atom stereocenters. The highest BCUT2D eigenvalue weighted by molar-refractivity contribution is 5.82. The molecule has 0 radical (unpaired) electrons. The molecule has 0 saturated carbocycles. The molecule has 0 heterocycles. The summed E-state index contributed by atoms with van der Waals surface area (Å²) in [6, 6.07) is 0. The predicted molar refractivity (Wildman–Crippen MR) is 178 cm³/mol. The van der Waals surface area contributed by atoms with Crippen molar-refractivity contribution in [1.29, 1.82) is 0 Å². The third-order valence-electron chi connectivity index (χ3n) is 7.00. The number of rotatable bonds is 28. The molecule has 4 heteroatoms. The Bertz CT molecular complexity index is 660. The minimum Gasteiger partial charge on any atom is -0.481 e. The van der Waals surface area contributed by atoms with Crippen molar-refractivity contribution in [3.05, 3.63) is 48.6 Å². The molecular formula is C37H66O4. The molecule has 0 aliphatic carbocycles. The van der Waals surface area contributed by atoms with E-state index in [1.54, 1.807) is 6.08 Å². The van der Waals surface area contributed by atoms with Gasteiger partial charge in [-0.3, -0.25) is 4.79 Å². The van der Waals surface area contributed by atoms with E-state index in [0.29, 0.717) is 6.42 Å². The third kappa shape index (κ3) is 42.5. The van der Waals surface area contributed by atoms with Gasteiger partial charge in [0.05, 0.1) is 7.11 Å². The van der Waals surface area contributed by atoms with Crippen molar-refractivity contribution in [2.45, 2.75) is 168 Å². The zero-order valence-corrected chi connectivity index (χ0v) is 27.3. The van der Waals surface area contributed by atoms with Gasteiger partial charge in [0, 0.05) is 12.5 Å². The molecule has 0 aromatic carbocycles. The Kier molecular flexibility index (Phi) is 37.9. The number of carboxylic acids is 1. The van der Waals surface area contributed by atoms with E-state index in [1.165, 1.54) is 122 Å². The normalized spacial score (nSPS) is 11.6. The summed E-state index contributed by atoms with van der Waals surface area (Å²) >= 11 is 0. The highest BCUT2D eigenvalue weighted by Crippen LogP contribution is 2.12. The number of carboxylic acid groups (broad SMARTS) is 1. The molecule has 0 aromatic heterocycles. The smallest absolute Gasteiger partial charge is 0.330 e. The number of hydrogen-bond acceptors (Lipinski definition) is 3. The third-order valence-corrected chi connectivity index (χ3v) is 7.00. The molecule has 0 aromatic rings. The summed E-state index contributed by atoms with van der Waals surface area (Å²) in [5.74, 6) is -0.972. The Morgan fingerprint density at radius 1 is 0.537 bits per heavy atom. The summed E-state index contributed by atoms with van der Waals surface area (Å²) in [5.41, 5.74) is 0. The standard InChI is InChI=1S/C19H34O2.C18H32O2/c1-3-4-5-6-7-8-9-10-11-12-13-14-15-16-17-18-19(20)21-2;1-2-3-4-5-6-7-8-9-10-11-12-13-14-15-16-17-18(19)20/h15-18H,3-14H2,1-2H3;7-8,10-11H,2-6,9,12-17H2,1H3,(H,19,20). The maximum Gasteiger partial charge on any atom is 0.330 e. The number of unbranched alkanes of at least 4 members (excludes halogenated alkanes) is 19. The van der Waals surface area contributed by atoms with Crippen molar-refractivity contribution >= 4 is 11.9 Å². The van der Waals surface area contributed by atoms with E-state index in [0.717, 1.165) is 38.5 Å². The SMILES string of the molecule is CCCCCCC=CCC=CCCCCCCC(=O)O.CCCCCCCCCCCCCC=CC=CC(=O)OC. The Morgan fingerprint density at radius 3 is 1.41 bits per heavy atom. The first-order valence-corrected chi connectivity index (χ1v) is 17.0. The molecule has 1 N–H and O–H groups in total. The van der Waals surface area contributed by atoms with E-state index in [4.69, 9.17) is 5.11 Å². The average molecular weight is 575 g/mol. The number of carbonyl (C=O) groups excluding carboxylic acids is 1. The van der Waals surface area contributed by atoms with Gasteiger partial charge in [0.2, 0.25) is 0 Å². The van der Waals surface area contributed by atoms with Crippen LogP contribution in [0.4, 0.5) is 0 Å². The highest BCUT2D eigenvalue weighted by Gasteiger charge is 1.95. The molecule has 238 valence electrons. The van der Waals surface area contributed by atoms with E-state index in [1.807, 2.05) is 6.08 Å². The minimum atomic E-state index is -0.675. The first-order chi connectivity index (χ1) is 20.1. The molecule has 4 nitrogen and oxygen atoms in total. The number of aliphatic carboxylic acids is 1. The highest BCUT2D eigenvalue weighted by atomic mass is 16.5. The summed E-state index contributed by atoms with van der Waals surface area (Å²) in [7, 11) is 1.39. The molecule has 0 rings (SSSR count). The topological polar surface area (TPSA) is 63.6 Å². The fraction of sp³-hybridized carbons (Fsp3) is 0.730. The number of carbonyl (C=O) groups is 2. The van der Waals surface area contributed by atoms with Gasteiger partial charge in [-0.15, -0.1) is 0 Å². The maximum atomic E-state index is 10.8. The van der Waals surface area contributed by atoms with Gasteiger partial charge in [-0.05, 0) is 51.4 Å². The van der Waals surface area contributed by atoms with Gasteiger partial charge >= 0.3 is 11.9 Å². The molecule has 0 bridgehead atoms. The Morgan fingerprint density at radius 2 is 0.951 bits per heavy atom. The fourth-order valence-corrected chi connectivity index (χ4v) is 4.39. The zero-order chi connectivity index (χ0) is 30.5. The van der Waals surface area contributed by atoms with Crippen LogP contribution in [0.2, 0.25) is 0 Å². The summed E-state index contributed by atoms with van der Waals surface area (Å²) < 4.78 is 4.51. The van der Waals surface area contributed by atoms with Crippen molar-refractivity contribution in [2.24, 2.45) is 0 Å². The quantitative estimate of drug-likeness (QED) is 0.0332. The summed E-state index contributed by atoms with van der Waals surface area (Å²) in [6.07, 6.45) is 45.8. The van der Waals surface area contributed by atoms with Crippen LogP contribution in [0.1, 0.15) is 168 Å². The van der Waals surface area contributed by atoms with Crippen molar-refractivity contribution in [2.75, 3.05) is 7.11 Å². The van der Waals surface area contributed by atoms with Crippen LogP contribution in [0.25, 0.3) is 0 Å². The maximum absolute atomic E-state index is 10.8. The van der Waals surface area contributed by atoms with Gasteiger partial charge in [0.1, 0.15) is 0 Å². The lowest BCUT2D eigenvalue weighted by Gasteiger charge is -2.01. The number of allylic oxidation sites excluding steroid dienone is 7. The van der Waals surface area contributed by atoms with E-state index in [2.05, 4.69) is 49.0 Å². The van der Waals surface area contributed by atoms with Gasteiger partial charge in [-0.25, -0.2) is 4.79 Å². The molecule has 41 heavy (non-hydrogen) atoms. The number of hydrogen-bond donors (Lipinski definition) is 1. The Labute approximate surface area is 254 Å². The van der Waals surface area contributed by atoms with Crippen LogP contribution in [-0.4, -0.2) is 24.2 Å². The van der Waals surface area contributed by atoms with Gasteiger partial charge in [-0.1, -0.05) is 153 Å². The molecule has 0 aliphatic heterocycles. The first-order valence-electron chi connectivity index (χ1n) is 17.0. The molecule has 0 unspecified atom stereocenters. The second-order valence-corrected chi connectivity index (χ2v) is 11.0. The van der Waals surface area contributed by atoms with Crippen LogP contribution in [0, 0.1) is 0 Å². The second kappa shape index (κ2) is 37.9. The average Bonchev–Trinajstić information content (AvgIpc) is 2.97. The molecule has 0 spiro atoms. The Hall–Kier alpha value is -2.10. The molecule has 0 aliphatic rings. The number of methoxy groups -OCH3 is 1. The van der Waals surface area contributed by atoms with E-state index in [9.17, 15) is 9.59 Å². The van der Waals surface area contributed by atoms with Crippen molar-refractivity contribution in [3.8, 4) is 0 Å². The van der Waals surface area contributed by atoms with Gasteiger partial charge in [-0.2, -0.15) is 0 Å². The van der Waals surface area contributed by atoms with Crippen LogP contribution >= 0.6 is 0 Å². The van der Waals surface area contributed by atoms with Gasteiger partial charge in [0.15, 0.2) is 0 Å². The lowest BCUT2D eigenvalue weighted by Crippen LogP contribution is -1.93. The van der Waals surface area contributed by atoms with Crippen LogP contribution in [0.5, 0.6) is 0 Å². The molecule has 0 fully saturated rings. The molecular weight excluding hydrogens is 508 g/mol. The first kappa shape index (κ1) is 41.0. The summed E-state index contributed by atoms with van der Waals surface area (Å²) in [6.45, 7) is 4.51. The summed E-state index contributed by atoms with van der Waals surface area (Å²) in [4.78, 5) is 21.1. The number of esters is 1.